The Bertz CT molecular complexity index is 3020. The second-order valence-electron chi connectivity index (χ2n) is 14.7. The van der Waals surface area contributed by atoms with Crippen molar-refractivity contribution in [3.05, 3.63) is 193 Å². The third-order valence-electron chi connectivity index (χ3n) is 11.4. The highest BCUT2D eigenvalue weighted by atomic mass is 16.4. The maximum Gasteiger partial charge on any atom is 0.248 e. The van der Waals surface area contributed by atoms with E-state index in [1.165, 1.54) is 54.7 Å². The zero-order chi connectivity index (χ0) is 38.0. The minimum absolute atomic E-state index is 0.484. The standard InChI is InChI=1S/C52H36N4O/c1-33-31-35(27-29-45(33)55-47-23-11-7-17-39(47)40-18-8-12-24-48(40)55)37-15-3-5-21-43(37)51-53-54-52(57-51)44-22-6-4-16-38(44)36-28-30-46(34(2)32-36)56-49-25-13-9-19-41(49)42-20-10-14-26-50(42)56/h3-32H,1-2H3. The number of hydrogen-bond donors (Lipinski definition) is 0. The summed E-state index contributed by atoms with van der Waals surface area (Å²) in [6.45, 7) is 4.37. The van der Waals surface area contributed by atoms with Crippen molar-refractivity contribution in [2.24, 2.45) is 0 Å². The van der Waals surface area contributed by atoms with Crippen molar-refractivity contribution >= 4 is 43.6 Å². The van der Waals surface area contributed by atoms with Crippen LogP contribution in [0.3, 0.4) is 0 Å². The van der Waals surface area contributed by atoms with Gasteiger partial charge in [0.25, 0.3) is 0 Å². The lowest BCUT2D eigenvalue weighted by Gasteiger charge is -2.14. The number of aromatic nitrogens is 4. The largest absolute Gasteiger partial charge is 0.416 e. The van der Waals surface area contributed by atoms with Crippen LogP contribution in [-0.2, 0) is 0 Å². The lowest BCUT2D eigenvalue weighted by molar-refractivity contribution is 0.585. The van der Waals surface area contributed by atoms with E-state index in [4.69, 9.17) is 4.42 Å². The van der Waals surface area contributed by atoms with Crippen molar-refractivity contribution in [1.82, 2.24) is 19.3 Å². The summed E-state index contributed by atoms with van der Waals surface area (Å²) >= 11 is 0. The molecule has 0 unspecified atom stereocenters. The summed E-state index contributed by atoms with van der Waals surface area (Å²) < 4.78 is 11.3. The quantitative estimate of drug-likeness (QED) is 0.171. The molecular weight excluding hydrogens is 697 g/mol. The molecule has 0 atom stereocenters. The third kappa shape index (κ3) is 5.24. The summed E-state index contributed by atoms with van der Waals surface area (Å²) in [5.74, 6) is 0.967. The lowest BCUT2D eigenvalue weighted by atomic mass is 9.97. The normalized spacial score (nSPS) is 11.7. The molecule has 0 saturated carbocycles. The molecular formula is C52H36N4O. The molecule has 0 saturated heterocycles. The number of benzene rings is 8. The fraction of sp³-hybridized carbons (Fsp3) is 0.0385. The van der Waals surface area contributed by atoms with E-state index in [1.54, 1.807) is 0 Å². The average molecular weight is 733 g/mol. The van der Waals surface area contributed by atoms with Crippen LogP contribution in [0.4, 0.5) is 0 Å². The van der Waals surface area contributed by atoms with Crippen molar-refractivity contribution in [2.75, 3.05) is 0 Å². The van der Waals surface area contributed by atoms with E-state index in [1.807, 2.05) is 12.1 Å². The first-order valence-electron chi connectivity index (χ1n) is 19.3. The van der Waals surface area contributed by atoms with Crippen LogP contribution < -0.4 is 0 Å². The van der Waals surface area contributed by atoms with Crippen LogP contribution in [-0.4, -0.2) is 19.3 Å². The maximum absolute atomic E-state index is 6.57. The number of fused-ring (bicyclic) bond motifs is 6. The van der Waals surface area contributed by atoms with E-state index >= 15 is 0 Å². The van der Waals surface area contributed by atoms with Crippen molar-refractivity contribution in [1.29, 1.82) is 0 Å². The topological polar surface area (TPSA) is 48.8 Å². The first kappa shape index (κ1) is 32.9. The first-order valence-corrected chi connectivity index (χ1v) is 19.3. The third-order valence-corrected chi connectivity index (χ3v) is 11.4. The van der Waals surface area contributed by atoms with Crippen LogP contribution in [0, 0.1) is 13.8 Å². The van der Waals surface area contributed by atoms with E-state index in [2.05, 4.69) is 203 Å². The predicted molar refractivity (Wildman–Crippen MR) is 234 cm³/mol. The number of hydrogen-bond acceptors (Lipinski definition) is 3. The Morgan fingerprint density at radius 2 is 0.667 bits per heavy atom. The number of para-hydroxylation sites is 4. The van der Waals surface area contributed by atoms with Gasteiger partial charge in [-0.2, -0.15) is 0 Å². The number of aryl methyl sites for hydroxylation is 2. The van der Waals surface area contributed by atoms with Crippen LogP contribution in [0.5, 0.6) is 0 Å². The Morgan fingerprint density at radius 3 is 1.02 bits per heavy atom. The Kier molecular flexibility index (Phi) is 7.54. The molecule has 11 rings (SSSR count). The van der Waals surface area contributed by atoms with E-state index < -0.39 is 0 Å². The molecule has 0 fully saturated rings. The first-order chi connectivity index (χ1) is 28.1. The van der Waals surface area contributed by atoms with Crippen molar-refractivity contribution < 1.29 is 4.42 Å². The molecule has 8 aromatic carbocycles. The Morgan fingerprint density at radius 1 is 0.351 bits per heavy atom. The zero-order valence-corrected chi connectivity index (χ0v) is 31.5. The summed E-state index contributed by atoms with van der Waals surface area (Å²) in [7, 11) is 0. The molecule has 0 aliphatic heterocycles. The molecule has 0 aliphatic carbocycles. The molecule has 11 aromatic rings. The van der Waals surface area contributed by atoms with Crippen LogP contribution >= 0.6 is 0 Å². The van der Waals surface area contributed by atoms with E-state index in [0.717, 1.165) is 44.8 Å². The van der Waals surface area contributed by atoms with Crippen molar-refractivity contribution in [2.45, 2.75) is 13.8 Å². The number of nitrogens with zero attached hydrogens (tertiary/aromatic N) is 4. The molecule has 0 bridgehead atoms. The highest BCUT2D eigenvalue weighted by molar-refractivity contribution is 6.10. The van der Waals surface area contributed by atoms with Crippen LogP contribution in [0.2, 0.25) is 0 Å². The molecule has 270 valence electrons. The van der Waals surface area contributed by atoms with Gasteiger partial charge < -0.3 is 13.6 Å². The highest BCUT2D eigenvalue weighted by Crippen LogP contribution is 2.40. The SMILES string of the molecule is Cc1cc(-c2ccccc2-c2nnc(-c3ccccc3-c3ccc(-n4c5ccccc5c5ccccc54)c(C)c3)o2)ccc1-n1c2ccccc2c2ccccc21. The van der Waals surface area contributed by atoms with Gasteiger partial charge in [0.2, 0.25) is 11.8 Å². The Hall–Kier alpha value is -7.50. The van der Waals surface area contributed by atoms with Gasteiger partial charge in [-0.25, -0.2) is 0 Å². The molecule has 5 heteroatoms. The molecule has 57 heavy (non-hydrogen) atoms. The van der Waals surface area contributed by atoms with E-state index in [0.29, 0.717) is 11.8 Å². The van der Waals surface area contributed by atoms with Gasteiger partial charge in [-0.05, 0) is 108 Å². The fourth-order valence-electron chi connectivity index (χ4n) is 8.80. The predicted octanol–water partition coefficient (Wildman–Crippen LogP) is 13.5. The second kappa shape index (κ2) is 13.1. The van der Waals surface area contributed by atoms with Gasteiger partial charge >= 0.3 is 0 Å². The van der Waals surface area contributed by atoms with Crippen molar-refractivity contribution in [3.63, 3.8) is 0 Å². The van der Waals surface area contributed by atoms with Crippen LogP contribution in [0.1, 0.15) is 11.1 Å². The summed E-state index contributed by atoms with van der Waals surface area (Å²) in [6, 6.07) is 64.4. The van der Waals surface area contributed by atoms with E-state index in [-0.39, 0.29) is 0 Å². The molecule has 0 spiro atoms. The Labute approximate surface area is 329 Å². The van der Waals surface area contributed by atoms with Gasteiger partial charge in [0, 0.05) is 44.0 Å². The van der Waals surface area contributed by atoms with Crippen LogP contribution in [0.25, 0.3) is 100 Å². The minimum atomic E-state index is 0.484. The van der Waals surface area contributed by atoms with Gasteiger partial charge in [-0.3, -0.25) is 0 Å². The maximum atomic E-state index is 6.57. The molecule has 3 aromatic heterocycles. The number of rotatable bonds is 6. The molecule has 3 heterocycles. The fourth-order valence-corrected chi connectivity index (χ4v) is 8.80. The smallest absolute Gasteiger partial charge is 0.248 e. The zero-order valence-electron chi connectivity index (χ0n) is 31.5. The average Bonchev–Trinajstić information content (AvgIpc) is 3.97. The molecule has 0 radical (unpaired) electrons. The van der Waals surface area contributed by atoms with Gasteiger partial charge in [-0.15, -0.1) is 10.2 Å². The second-order valence-corrected chi connectivity index (χ2v) is 14.7. The monoisotopic (exact) mass is 732 g/mol. The molecule has 0 amide bonds. The summed E-state index contributed by atoms with van der Waals surface area (Å²) in [6.07, 6.45) is 0. The van der Waals surface area contributed by atoms with Crippen molar-refractivity contribution in [3.8, 4) is 56.5 Å². The van der Waals surface area contributed by atoms with Gasteiger partial charge in [0.15, 0.2) is 0 Å². The van der Waals surface area contributed by atoms with Crippen LogP contribution in [0.15, 0.2) is 186 Å². The lowest BCUT2D eigenvalue weighted by Crippen LogP contribution is -1.97. The van der Waals surface area contributed by atoms with Gasteiger partial charge in [0.05, 0.1) is 22.1 Å². The molecule has 0 N–H and O–H groups in total. The summed E-state index contributed by atoms with van der Waals surface area (Å²) in [4.78, 5) is 0. The Balaban J connectivity index is 0.952. The molecule has 5 nitrogen and oxygen atoms in total. The summed E-state index contributed by atoms with van der Waals surface area (Å²) in [5.41, 5.74) is 15.5. The molecule has 0 aliphatic rings. The minimum Gasteiger partial charge on any atom is -0.416 e. The van der Waals surface area contributed by atoms with E-state index in [9.17, 15) is 0 Å². The highest BCUT2D eigenvalue weighted by Gasteiger charge is 2.20. The van der Waals surface area contributed by atoms with Gasteiger partial charge in [-0.1, -0.05) is 121 Å². The van der Waals surface area contributed by atoms with Gasteiger partial charge in [0.1, 0.15) is 0 Å². The summed E-state index contributed by atoms with van der Waals surface area (Å²) in [5, 5.41) is 14.3.